The Kier molecular flexibility index (Phi) is 6.61. The number of aromatic nitrogens is 1. The van der Waals surface area contributed by atoms with Gasteiger partial charge in [-0.2, -0.15) is 0 Å². The zero-order valence-electron chi connectivity index (χ0n) is 21.4. The van der Waals surface area contributed by atoms with E-state index in [0.29, 0.717) is 24.7 Å². The molecule has 5 rings (SSSR count). The van der Waals surface area contributed by atoms with Gasteiger partial charge in [0.25, 0.3) is 5.91 Å². The molecule has 0 unspecified atom stereocenters. The summed E-state index contributed by atoms with van der Waals surface area (Å²) in [6.07, 6.45) is 4.20. The van der Waals surface area contributed by atoms with Gasteiger partial charge in [0.1, 0.15) is 17.0 Å². The number of rotatable bonds is 6. The van der Waals surface area contributed by atoms with Gasteiger partial charge in [0.15, 0.2) is 0 Å². The zero-order valence-corrected chi connectivity index (χ0v) is 21.4. The molecule has 0 bridgehead atoms. The molecule has 6 nitrogen and oxygen atoms in total. The van der Waals surface area contributed by atoms with Crippen LogP contribution in [0.15, 0.2) is 66.7 Å². The molecule has 1 N–H and O–H groups in total. The Morgan fingerprint density at radius 2 is 1.72 bits per heavy atom. The van der Waals surface area contributed by atoms with Gasteiger partial charge in [-0.3, -0.25) is 9.59 Å². The standard InChI is InChI=1S/C30H35N3O3/c1-21-12-14-24(15-13-21)31-29(35)30(2)20-32-26(23-9-5-4-6-10-23)16-17-27(32)28(34)33(30)19-22-8-7-11-25(18-22)36-3/h4-11,16-18,21,24H,12-15,19-20H2,1-3H3,(H,31,35)/t21?,24?,30-/m0/s1. The van der Waals surface area contributed by atoms with Crippen molar-refractivity contribution in [2.45, 2.75) is 64.2 Å². The summed E-state index contributed by atoms with van der Waals surface area (Å²) in [5.74, 6) is 1.21. The summed E-state index contributed by atoms with van der Waals surface area (Å²) >= 11 is 0. The van der Waals surface area contributed by atoms with Crippen LogP contribution in [0.1, 0.15) is 55.6 Å². The number of amides is 2. The number of ether oxygens (including phenoxy) is 1. The van der Waals surface area contributed by atoms with Gasteiger partial charge in [0.05, 0.1) is 13.7 Å². The summed E-state index contributed by atoms with van der Waals surface area (Å²) in [6, 6.07) is 21.8. The van der Waals surface area contributed by atoms with Crippen molar-refractivity contribution in [3.05, 3.63) is 78.0 Å². The number of hydrogen-bond donors (Lipinski definition) is 1. The molecule has 2 aliphatic rings. The van der Waals surface area contributed by atoms with Crippen LogP contribution in [0.5, 0.6) is 5.75 Å². The third-order valence-corrected chi connectivity index (χ3v) is 7.89. The van der Waals surface area contributed by atoms with Crippen molar-refractivity contribution in [2.24, 2.45) is 5.92 Å². The third kappa shape index (κ3) is 4.52. The van der Waals surface area contributed by atoms with E-state index >= 15 is 0 Å². The largest absolute Gasteiger partial charge is 0.497 e. The smallest absolute Gasteiger partial charge is 0.271 e. The van der Waals surface area contributed by atoms with Gasteiger partial charge in [0.2, 0.25) is 5.91 Å². The van der Waals surface area contributed by atoms with Crippen molar-refractivity contribution >= 4 is 11.8 Å². The molecule has 0 spiro atoms. The van der Waals surface area contributed by atoms with Crippen LogP contribution in [-0.2, 0) is 17.9 Å². The van der Waals surface area contributed by atoms with Gasteiger partial charge in [-0.15, -0.1) is 0 Å². The van der Waals surface area contributed by atoms with Crippen LogP contribution in [-0.4, -0.2) is 40.0 Å². The first kappa shape index (κ1) is 24.2. The van der Waals surface area contributed by atoms with E-state index in [1.165, 1.54) is 0 Å². The van der Waals surface area contributed by atoms with E-state index in [1.807, 2.05) is 78.2 Å². The summed E-state index contributed by atoms with van der Waals surface area (Å²) in [5, 5.41) is 3.32. The van der Waals surface area contributed by atoms with Crippen molar-refractivity contribution in [1.82, 2.24) is 14.8 Å². The Labute approximate surface area is 213 Å². The molecule has 1 aromatic heterocycles. The van der Waals surface area contributed by atoms with Gasteiger partial charge in [-0.25, -0.2) is 0 Å². The maximum atomic E-state index is 14.0. The quantitative estimate of drug-likeness (QED) is 0.517. The van der Waals surface area contributed by atoms with Crippen LogP contribution in [0, 0.1) is 5.92 Å². The van der Waals surface area contributed by atoms with Crippen LogP contribution in [0.4, 0.5) is 0 Å². The highest BCUT2D eigenvalue weighted by Gasteiger charge is 2.48. The lowest BCUT2D eigenvalue weighted by molar-refractivity contribution is -0.134. The molecule has 6 heteroatoms. The molecule has 0 saturated heterocycles. The molecule has 1 fully saturated rings. The molecule has 2 heterocycles. The first-order valence-corrected chi connectivity index (χ1v) is 12.9. The fourth-order valence-electron chi connectivity index (χ4n) is 5.58. The topological polar surface area (TPSA) is 63.6 Å². The summed E-state index contributed by atoms with van der Waals surface area (Å²) in [4.78, 5) is 29.7. The molecule has 2 amide bonds. The lowest BCUT2D eigenvalue weighted by Crippen LogP contribution is -2.64. The maximum Gasteiger partial charge on any atom is 0.271 e. The highest BCUT2D eigenvalue weighted by Crippen LogP contribution is 2.35. The van der Waals surface area contributed by atoms with Gasteiger partial charge in [0, 0.05) is 18.3 Å². The third-order valence-electron chi connectivity index (χ3n) is 7.89. The van der Waals surface area contributed by atoms with Crippen molar-refractivity contribution in [3.8, 4) is 17.0 Å². The van der Waals surface area contributed by atoms with E-state index in [9.17, 15) is 9.59 Å². The van der Waals surface area contributed by atoms with E-state index < -0.39 is 5.54 Å². The number of nitrogens with zero attached hydrogens (tertiary/aromatic N) is 2. The summed E-state index contributed by atoms with van der Waals surface area (Å²) in [7, 11) is 1.63. The molecule has 188 valence electrons. The second-order valence-corrected chi connectivity index (χ2v) is 10.5. The van der Waals surface area contributed by atoms with Gasteiger partial charge in [-0.1, -0.05) is 49.4 Å². The van der Waals surface area contributed by atoms with Gasteiger partial charge in [-0.05, 0) is 73.9 Å². The summed E-state index contributed by atoms with van der Waals surface area (Å²) in [5.41, 5.74) is 2.47. The minimum absolute atomic E-state index is 0.0864. The average Bonchev–Trinajstić information content (AvgIpc) is 3.32. The summed E-state index contributed by atoms with van der Waals surface area (Å²) in [6.45, 7) is 4.90. The Hall–Kier alpha value is -3.54. The molecule has 1 saturated carbocycles. The normalized spacial score (nSPS) is 23.8. The second kappa shape index (κ2) is 9.84. The number of fused-ring (bicyclic) bond motifs is 1. The highest BCUT2D eigenvalue weighted by atomic mass is 16.5. The molecule has 3 aromatic rings. The average molecular weight is 486 g/mol. The highest BCUT2D eigenvalue weighted by molar-refractivity contribution is 6.00. The van der Waals surface area contributed by atoms with E-state index in [1.54, 1.807) is 12.0 Å². The molecule has 0 radical (unpaired) electrons. The number of benzene rings is 2. The molecular formula is C30H35N3O3. The van der Waals surface area contributed by atoms with Crippen LogP contribution < -0.4 is 10.1 Å². The Bertz CT molecular complexity index is 1240. The van der Waals surface area contributed by atoms with Crippen LogP contribution in [0.3, 0.4) is 0 Å². The van der Waals surface area contributed by atoms with Crippen LogP contribution >= 0.6 is 0 Å². The lowest BCUT2D eigenvalue weighted by Gasteiger charge is -2.45. The predicted octanol–water partition coefficient (Wildman–Crippen LogP) is 5.27. The van der Waals surface area contributed by atoms with Crippen molar-refractivity contribution < 1.29 is 14.3 Å². The number of hydrogen-bond acceptors (Lipinski definition) is 3. The fraction of sp³-hybridized carbons (Fsp3) is 0.400. The van der Waals surface area contributed by atoms with E-state index in [0.717, 1.165) is 48.3 Å². The lowest BCUT2D eigenvalue weighted by atomic mass is 9.86. The van der Waals surface area contributed by atoms with E-state index in [4.69, 9.17) is 4.74 Å². The van der Waals surface area contributed by atoms with Crippen LogP contribution in [0.2, 0.25) is 0 Å². The van der Waals surface area contributed by atoms with Gasteiger partial charge < -0.3 is 19.5 Å². The van der Waals surface area contributed by atoms with Crippen molar-refractivity contribution in [3.63, 3.8) is 0 Å². The summed E-state index contributed by atoms with van der Waals surface area (Å²) < 4.78 is 7.42. The molecule has 1 aliphatic carbocycles. The van der Waals surface area contributed by atoms with Crippen molar-refractivity contribution in [2.75, 3.05) is 7.11 Å². The number of carbonyl (C=O) groups is 2. The van der Waals surface area contributed by atoms with Crippen molar-refractivity contribution in [1.29, 1.82) is 0 Å². The van der Waals surface area contributed by atoms with E-state index in [2.05, 4.69) is 12.2 Å². The Balaban J connectivity index is 1.52. The molecule has 36 heavy (non-hydrogen) atoms. The first-order valence-electron chi connectivity index (χ1n) is 12.9. The van der Waals surface area contributed by atoms with Crippen LogP contribution in [0.25, 0.3) is 11.3 Å². The Morgan fingerprint density at radius 3 is 2.44 bits per heavy atom. The Morgan fingerprint density at radius 1 is 1.00 bits per heavy atom. The number of nitrogens with one attached hydrogen (secondary N) is 1. The second-order valence-electron chi connectivity index (χ2n) is 10.5. The molecule has 1 aliphatic heterocycles. The molecule has 1 atom stereocenters. The fourth-order valence-corrected chi connectivity index (χ4v) is 5.58. The number of carbonyl (C=O) groups excluding carboxylic acids is 2. The predicted molar refractivity (Wildman–Crippen MR) is 141 cm³/mol. The van der Waals surface area contributed by atoms with E-state index in [-0.39, 0.29) is 17.9 Å². The first-order chi connectivity index (χ1) is 17.4. The minimum Gasteiger partial charge on any atom is -0.497 e. The number of methoxy groups -OCH3 is 1. The van der Waals surface area contributed by atoms with Gasteiger partial charge >= 0.3 is 0 Å². The maximum absolute atomic E-state index is 14.0. The SMILES string of the molecule is COc1cccc(CN2C(=O)c3ccc(-c4ccccc4)n3C[C@@]2(C)C(=O)NC2CCC(C)CC2)c1. The zero-order chi connectivity index (χ0) is 25.3. The minimum atomic E-state index is -1.04. The molecule has 2 aromatic carbocycles. The monoisotopic (exact) mass is 485 g/mol. The molecular weight excluding hydrogens is 450 g/mol.